The van der Waals surface area contributed by atoms with Crippen LogP contribution in [0, 0.1) is 13.8 Å². The molecule has 1 amide bonds. The van der Waals surface area contributed by atoms with Crippen molar-refractivity contribution in [1.82, 2.24) is 25.1 Å². The van der Waals surface area contributed by atoms with E-state index >= 15 is 0 Å². The van der Waals surface area contributed by atoms with E-state index < -0.39 is 0 Å². The Morgan fingerprint density at radius 1 is 1.32 bits per heavy atom. The van der Waals surface area contributed by atoms with Crippen LogP contribution in [0.2, 0.25) is 0 Å². The van der Waals surface area contributed by atoms with Crippen LogP contribution in [0.15, 0.2) is 18.6 Å². The Morgan fingerprint density at radius 3 is 2.68 bits per heavy atom. The number of amides is 1. The third-order valence-electron chi connectivity index (χ3n) is 3.65. The molecule has 0 aliphatic heterocycles. The largest absolute Gasteiger partial charge is 0.352 e. The highest BCUT2D eigenvalue weighted by molar-refractivity contribution is 5.76. The van der Waals surface area contributed by atoms with E-state index in [2.05, 4.69) is 34.2 Å². The van der Waals surface area contributed by atoms with Crippen molar-refractivity contribution >= 4 is 5.91 Å². The number of rotatable bonds is 6. The lowest BCUT2D eigenvalue weighted by Gasteiger charge is -2.09. The fraction of sp³-hybridized carbons (Fsp3) is 0.500. The van der Waals surface area contributed by atoms with Crippen LogP contribution in [0.4, 0.5) is 0 Å². The van der Waals surface area contributed by atoms with Gasteiger partial charge in [-0.15, -0.1) is 0 Å². The van der Waals surface area contributed by atoms with Crippen molar-refractivity contribution < 1.29 is 4.79 Å². The van der Waals surface area contributed by atoms with Gasteiger partial charge in [-0.25, -0.2) is 0 Å². The number of carbonyl (C=O) groups is 1. The summed E-state index contributed by atoms with van der Waals surface area (Å²) in [5.74, 6) is 0.0155. The van der Waals surface area contributed by atoms with E-state index in [1.54, 1.807) is 18.6 Å². The van der Waals surface area contributed by atoms with E-state index in [1.165, 1.54) is 0 Å². The highest BCUT2D eigenvalue weighted by Crippen LogP contribution is 2.16. The van der Waals surface area contributed by atoms with Crippen LogP contribution < -0.4 is 5.32 Å². The molecule has 0 aliphatic carbocycles. The van der Waals surface area contributed by atoms with Crippen LogP contribution in [0.3, 0.4) is 0 Å². The molecule has 0 aromatic carbocycles. The van der Waals surface area contributed by atoms with Crippen molar-refractivity contribution in [1.29, 1.82) is 0 Å². The summed E-state index contributed by atoms with van der Waals surface area (Å²) in [5.41, 5.74) is 4.02. The molecule has 6 nitrogen and oxygen atoms in total. The number of hydrogen-bond donors (Lipinski definition) is 1. The first kappa shape index (κ1) is 16.1. The lowest BCUT2D eigenvalue weighted by molar-refractivity contribution is -0.121. The Kier molecular flexibility index (Phi) is 5.25. The zero-order valence-corrected chi connectivity index (χ0v) is 13.6. The average molecular weight is 301 g/mol. The predicted molar refractivity (Wildman–Crippen MR) is 84.3 cm³/mol. The minimum absolute atomic E-state index is 0.0155. The van der Waals surface area contributed by atoms with Gasteiger partial charge in [0.25, 0.3) is 0 Å². The molecule has 0 bridgehead atoms. The molecule has 1 N–H and O–H groups in total. The molecule has 22 heavy (non-hydrogen) atoms. The maximum Gasteiger partial charge on any atom is 0.220 e. The summed E-state index contributed by atoms with van der Waals surface area (Å²) in [6.07, 6.45) is 5.97. The van der Waals surface area contributed by atoms with Gasteiger partial charge >= 0.3 is 0 Å². The van der Waals surface area contributed by atoms with Gasteiger partial charge in [-0.2, -0.15) is 5.10 Å². The van der Waals surface area contributed by atoms with Gasteiger partial charge in [0, 0.05) is 48.9 Å². The number of carbonyl (C=O) groups excluding carboxylic acids is 1. The monoisotopic (exact) mass is 301 g/mol. The lowest BCUT2D eigenvalue weighted by Crippen LogP contribution is -2.23. The fourth-order valence-corrected chi connectivity index (χ4v) is 2.43. The van der Waals surface area contributed by atoms with Crippen LogP contribution >= 0.6 is 0 Å². The maximum atomic E-state index is 12.0. The van der Waals surface area contributed by atoms with Crippen molar-refractivity contribution in [2.24, 2.45) is 0 Å². The summed E-state index contributed by atoms with van der Waals surface area (Å²) in [5, 5.41) is 7.49. The first-order valence-corrected chi connectivity index (χ1v) is 7.55. The Labute approximate surface area is 131 Å². The first-order chi connectivity index (χ1) is 10.5. The van der Waals surface area contributed by atoms with Gasteiger partial charge in [0.1, 0.15) is 0 Å². The van der Waals surface area contributed by atoms with Crippen LogP contribution in [0.5, 0.6) is 0 Å². The average Bonchev–Trinajstić information content (AvgIpc) is 2.79. The number of nitrogens with one attached hydrogen (secondary N) is 1. The quantitative estimate of drug-likeness (QED) is 0.887. The first-order valence-electron chi connectivity index (χ1n) is 7.55. The van der Waals surface area contributed by atoms with E-state index in [0.29, 0.717) is 25.4 Å². The number of hydrogen-bond acceptors (Lipinski definition) is 4. The lowest BCUT2D eigenvalue weighted by atomic mass is 10.2. The van der Waals surface area contributed by atoms with Crippen molar-refractivity contribution in [3.63, 3.8) is 0 Å². The normalized spacial score (nSPS) is 11.0. The van der Waals surface area contributed by atoms with E-state index in [-0.39, 0.29) is 5.91 Å². The summed E-state index contributed by atoms with van der Waals surface area (Å²) >= 11 is 0. The highest BCUT2D eigenvalue weighted by atomic mass is 16.1. The summed E-state index contributed by atoms with van der Waals surface area (Å²) in [6, 6.07) is 0.319. The van der Waals surface area contributed by atoms with E-state index in [9.17, 15) is 4.79 Å². The predicted octanol–water partition coefficient (Wildman–Crippen LogP) is 2.12. The molecule has 0 atom stereocenters. The second-order valence-electron chi connectivity index (χ2n) is 5.66. The molecule has 0 unspecified atom stereocenters. The van der Waals surface area contributed by atoms with E-state index in [1.807, 2.05) is 18.5 Å². The second-order valence-corrected chi connectivity index (χ2v) is 5.66. The van der Waals surface area contributed by atoms with Crippen LogP contribution in [0.25, 0.3) is 0 Å². The van der Waals surface area contributed by atoms with E-state index in [0.717, 1.165) is 22.6 Å². The Hall–Kier alpha value is -2.24. The topological polar surface area (TPSA) is 72.7 Å². The van der Waals surface area contributed by atoms with Crippen molar-refractivity contribution in [2.75, 3.05) is 0 Å². The smallest absolute Gasteiger partial charge is 0.220 e. The Balaban J connectivity index is 1.89. The molecule has 2 aromatic rings. The summed E-state index contributed by atoms with van der Waals surface area (Å²) < 4.78 is 2.00. The zero-order valence-electron chi connectivity index (χ0n) is 13.6. The summed E-state index contributed by atoms with van der Waals surface area (Å²) in [6.45, 7) is 8.74. The van der Waals surface area contributed by atoms with Gasteiger partial charge in [0.15, 0.2) is 0 Å². The van der Waals surface area contributed by atoms with Gasteiger partial charge in [-0.05, 0) is 34.1 Å². The summed E-state index contributed by atoms with van der Waals surface area (Å²) in [4.78, 5) is 20.1. The Morgan fingerprint density at radius 2 is 2.09 bits per heavy atom. The standard InChI is InChI=1S/C16H23N5O/c1-11(2)21-13(4)15(12(3)20-21)10-19-16(22)6-5-14-9-17-7-8-18-14/h7-9,11H,5-6,10H2,1-4H3,(H,19,22). The minimum Gasteiger partial charge on any atom is -0.352 e. The molecule has 118 valence electrons. The number of aryl methyl sites for hydroxylation is 2. The zero-order chi connectivity index (χ0) is 16.1. The highest BCUT2D eigenvalue weighted by Gasteiger charge is 2.14. The second kappa shape index (κ2) is 7.15. The van der Waals surface area contributed by atoms with Gasteiger partial charge in [-0.3, -0.25) is 19.4 Å². The molecule has 2 heterocycles. The molecule has 0 radical (unpaired) electrons. The molecule has 6 heteroatoms. The van der Waals surface area contributed by atoms with Crippen molar-refractivity contribution in [2.45, 2.75) is 53.1 Å². The molecule has 2 aromatic heterocycles. The third kappa shape index (κ3) is 3.90. The van der Waals surface area contributed by atoms with Gasteiger partial charge in [0.05, 0.1) is 11.4 Å². The van der Waals surface area contributed by atoms with Crippen molar-refractivity contribution in [3.8, 4) is 0 Å². The molecule has 0 spiro atoms. The number of aromatic nitrogens is 4. The van der Waals surface area contributed by atoms with E-state index in [4.69, 9.17) is 0 Å². The molecular formula is C16H23N5O. The van der Waals surface area contributed by atoms with Gasteiger partial charge < -0.3 is 5.32 Å². The number of nitrogens with zero attached hydrogens (tertiary/aromatic N) is 4. The Bertz CT molecular complexity index is 633. The SMILES string of the molecule is Cc1nn(C(C)C)c(C)c1CNC(=O)CCc1cnccn1. The molecule has 0 saturated carbocycles. The van der Waals surface area contributed by atoms with Crippen LogP contribution in [-0.4, -0.2) is 25.7 Å². The van der Waals surface area contributed by atoms with Crippen molar-refractivity contribution in [3.05, 3.63) is 41.2 Å². The van der Waals surface area contributed by atoms with Gasteiger partial charge in [-0.1, -0.05) is 0 Å². The molecular weight excluding hydrogens is 278 g/mol. The fourth-order valence-electron chi connectivity index (χ4n) is 2.43. The molecule has 0 saturated heterocycles. The summed E-state index contributed by atoms with van der Waals surface area (Å²) in [7, 11) is 0. The minimum atomic E-state index is 0.0155. The molecule has 0 aliphatic rings. The molecule has 2 rings (SSSR count). The van der Waals surface area contributed by atoms with Gasteiger partial charge in [0.2, 0.25) is 5.91 Å². The molecule has 0 fully saturated rings. The van der Waals surface area contributed by atoms with Crippen LogP contribution in [-0.2, 0) is 17.8 Å². The third-order valence-corrected chi connectivity index (χ3v) is 3.65. The maximum absolute atomic E-state index is 12.0. The van der Waals surface area contributed by atoms with Crippen LogP contribution in [0.1, 0.15) is 49.0 Å².